The van der Waals surface area contributed by atoms with Crippen molar-refractivity contribution in [2.24, 2.45) is 0 Å². The molecule has 1 amide bonds. The van der Waals surface area contributed by atoms with Gasteiger partial charge in [-0.2, -0.15) is 0 Å². The van der Waals surface area contributed by atoms with Crippen LogP contribution in [0.25, 0.3) is 10.8 Å². The summed E-state index contributed by atoms with van der Waals surface area (Å²) in [7, 11) is 0. The fourth-order valence-electron chi connectivity index (χ4n) is 2.26. The van der Waals surface area contributed by atoms with Crippen molar-refractivity contribution in [2.45, 2.75) is 6.92 Å². The van der Waals surface area contributed by atoms with Crippen LogP contribution in [0.5, 0.6) is 0 Å². The molecule has 3 N–H and O–H groups in total. The molecule has 0 atom stereocenters. The monoisotopic (exact) mass is 277 g/mol. The van der Waals surface area contributed by atoms with E-state index in [0.717, 1.165) is 16.3 Å². The summed E-state index contributed by atoms with van der Waals surface area (Å²) < 4.78 is 0. The molecule has 1 aromatic heterocycles. The lowest BCUT2D eigenvalue weighted by atomic mass is 10.1. The van der Waals surface area contributed by atoms with Gasteiger partial charge < -0.3 is 11.1 Å². The van der Waals surface area contributed by atoms with E-state index >= 15 is 0 Å². The summed E-state index contributed by atoms with van der Waals surface area (Å²) in [5.74, 6) is -0.260. The molecule has 0 fully saturated rings. The SMILES string of the molecule is Cc1ccc(N)c(NC(=O)c2nccc3ccccc23)c1. The maximum atomic E-state index is 12.5. The number of nitrogens with one attached hydrogen (secondary N) is 1. The molecule has 0 saturated carbocycles. The second-order valence-corrected chi connectivity index (χ2v) is 4.93. The number of aromatic nitrogens is 1. The van der Waals surface area contributed by atoms with Crippen molar-refractivity contribution >= 4 is 28.1 Å². The van der Waals surface area contributed by atoms with Crippen LogP contribution in [0.3, 0.4) is 0 Å². The van der Waals surface area contributed by atoms with Gasteiger partial charge in [0.15, 0.2) is 0 Å². The molecule has 0 bridgehead atoms. The topological polar surface area (TPSA) is 68.0 Å². The summed E-state index contributed by atoms with van der Waals surface area (Å²) in [6.07, 6.45) is 1.64. The number of nitrogen functional groups attached to an aromatic ring is 1. The Labute approximate surface area is 122 Å². The van der Waals surface area contributed by atoms with Crippen LogP contribution in [0.1, 0.15) is 16.1 Å². The van der Waals surface area contributed by atoms with E-state index in [1.54, 1.807) is 12.3 Å². The fourth-order valence-corrected chi connectivity index (χ4v) is 2.26. The van der Waals surface area contributed by atoms with E-state index in [4.69, 9.17) is 5.73 Å². The normalized spacial score (nSPS) is 10.5. The first kappa shape index (κ1) is 13.1. The van der Waals surface area contributed by atoms with Gasteiger partial charge in [0.1, 0.15) is 5.69 Å². The van der Waals surface area contributed by atoms with Gasteiger partial charge >= 0.3 is 0 Å². The Kier molecular flexibility index (Phi) is 3.28. The van der Waals surface area contributed by atoms with Gasteiger partial charge in [-0.05, 0) is 36.1 Å². The minimum atomic E-state index is -0.260. The van der Waals surface area contributed by atoms with E-state index in [1.807, 2.05) is 49.4 Å². The van der Waals surface area contributed by atoms with Gasteiger partial charge in [-0.15, -0.1) is 0 Å². The summed E-state index contributed by atoms with van der Waals surface area (Å²) in [5.41, 5.74) is 8.47. The third-order valence-electron chi connectivity index (χ3n) is 3.35. The van der Waals surface area contributed by atoms with E-state index in [2.05, 4.69) is 10.3 Å². The van der Waals surface area contributed by atoms with Gasteiger partial charge in [0.05, 0.1) is 11.4 Å². The number of hydrogen-bond acceptors (Lipinski definition) is 3. The Bertz CT molecular complexity index is 822. The van der Waals surface area contributed by atoms with E-state index in [9.17, 15) is 4.79 Å². The van der Waals surface area contributed by atoms with Gasteiger partial charge in [0, 0.05) is 11.6 Å². The zero-order valence-electron chi connectivity index (χ0n) is 11.6. The van der Waals surface area contributed by atoms with Crippen LogP contribution in [-0.2, 0) is 0 Å². The molecule has 3 aromatic rings. The molecule has 2 aromatic carbocycles. The third-order valence-corrected chi connectivity index (χ3v) is 3.35. The summed E-state index contributed by atoms with van der Waals surface area (Å²) in [5, 5.41) is 4.64. The summed E-state index contributed by atoms with van der Waals surface area (Å²) >= 11 is 0. The molecular formula is C17H15N3O. The zero-order valence-corrected chi connectivity index (χ0v) is 11.6. The van der Waals surface area contributed by atoms with Crippen LogP contribution >= 0.6 is 0 Å². The lowest BCUT2D eigenvalue weighted by molar-refractivity contribution is 0.102. The smallest absolute Gasteiger partial charge is 0.274 e. The van der Waals surface area contributed by atoms with Crippen LogP contribution < -0.4 is 11.1 Å². The van der Waals surface area contributed by atoms with E-state index in [-0.39, 0.29) is 5.91 Å². The molecule has 3 rings (SSSR count). The van der Waals surface area contributed by atoms with Crippen LogP contribution in [0.2, 0.25) is 0 Å². The molecule has 21 heavy (non-hydrogen) atoms. The van der Waals surface area contributed by atoms with Crippen molar-refractivity contribution in [3.05, 3.63) is 66.0 Å². The summed E-state index contributed by atoms with van der Waals surface area (Å²) in [6.45, 7) is 1.95. The first-order valence-electron chi connectivity index (χ1n) is 6.66. The standard InChI is InChI=1S/C17H15N3O/c1-11-6-7-14(18)15(10-11)20-17(21)16-13-5-3-2-4-12(13)8-9-19-16/h2-10H,18H2,1H3,(H,20,21). The number of anilines is 2. The highest BCUT2D eigenvalue weighted by molar-refractivity contribution is 6.12. The molecule has 0 aliphatic rings. The number of carbonyl (C=O) groups excluding carboxylic acids is 1. The van der Waals surface area contributed by atoms with Crippen molar-refractivity contribution in [1.29, 1.82) is 0 Å². The number of hydrogen-bond donors (Lipinski definition) is 2. The number of benzene rings is 2. The van der Waals surface area contributed by atoms with Gasteiger partial charge in [0.25, 0.3) is 5.91 Å². The van der Waals surface area contributed by atoms with Crippen LogP contribution in [0.4, 0.5) is 11.4 Å². The lowest BCUT2D eigenvalue weighted by Crippen LogP contribution is -2.15. The number of pyridine rings is 1. The van der Waals surface area contributed by atoms with Gasteiger partial charge in [-0.25, -0.2) is 0 Å². The molecule has 0 aliphatic heterocycles. The molecule has 1 heterocycles. The Balaban J connectivity index is 1.99. The lowest BCUT2D eigenvalue weighted by Gasteiger charge is -2.10. The second-order valence-electron chi connectivity index (χ2n) is 4.93. The van der Waals surface area contributed by atoms with Gasteiger partial charge in [0.2, 0.25) is 0 Å². The van der Waals surface area contributed by atoms with Crippen LogP contribution in [0.15, 0.2) is 54.7 Å². The minimum Gasteiger partial charge on any atom is -0.397 e. The van der Waals surface area contributed by atoms with Crippen molar-refractivity contribution in [2.75, 3.05) is 11.1 Å². The Morgan fingerprint density at radius 2 is 1.95 bits per heavy atom. The first-order valence-corrected chi connectivity index (χ1v) is 6.66. The maximum Gasteiger partial charge on any atom is 0.274 e. The minimum absolute atomic E-state index is 0.260. The number of amides is 1. The summed E-state index contributed by atoms with van der Waals surface area (Å²) in [4.78, 5) is 16.7. The van der Waals surface area contributed by atoms with Crippen molar-refractivity contribution in [1.82, 2.24) is 4.98 Å². The molecule has 0 saturated heterocycles. The van der Waals surface area contributed by atoms with Gasteiger partial charge in [-0.3, -0.25) is 9.78 Å². The highest BCUT2D eigenvalue weighted by Crippen LogP contribution is 2.22. The van der Waals surface area contributed by atoms with E-state index in [1.165, 1.54) is 0 Å². The zero-order chi connectivity index (χ0) is 14.8. The molecule has 0 unspecified atom stereocenters. The highest BCUT2D eigenvalue weighted by Gasteiger charge is 2.12. The van der Waals surface area contributed by atoms with Crippen molar-refractivity contribution in [3.8, 4) is 0 Å². The quantitative estimate of drug-likeness (QED) is 0.706. The fraction of sp³-hybridized carbons (Fsp3) is 0.0588. The second kappa shape index (κ2) is 5.25. The predicted octanol–water partition coefficient (Wildman–Crippen LogP) is 3.38. The number of nitrogens with two attached hydrogens (primary N) is 1. The third kappa shape index (κ3) is 2.56. The van der Waals surface area contributed by atoms with Crippen molar-refractivity contribution in [3.63, 3.8) is 0 Å². The van der Waals surface area contributed by atoms with Crippen molar-refractivity contribution < 1.29 is 4.79 Å². The molecule has 4 nitrogen and oxygen atoms in total. The number of nitrogens with zero attached hydrogens (tertiary/aromatic N) is 1. The number of fused-ring (bicyclic) bond motifs is 1. The Morgan fingerprint density at radius 3 is 2.81 bits per heavy atom. The van der Waals surface area contributed by atoms with E-state index < -0.39 is 0 Å². The molecule has 0 aliphatic carbocycles. The highest BCUT2D eigenvalue weighted by atomic mass is 16.1. The first-order chi connectivity index (χ1) is 10.1. The number of carbonyl (C=O) groups is 1. The average molecular weight is 277 g/mol. The molecular weight excluding hydrogens is 262 g/mol. The Hall–Kier alpha value is -2.88. The molecule has 0 radical (unpaired) electrons. The largest absolute Gasteiger partial charge is 0.397 e. The average Bonchev–Trinajstić information content (AvgIpc) is 2.50. The molecule has 104 valence electrons. The predicted molar refractivity (Wildman–Crippen MR) is 85.3 cm³/mol. The number of aryl methyl sites for hydroxylation is 1. The van der Waals surface area contributed by atoms with Gasteiger partial charge in [-0.1, -0.05) is 30.3 Å². The Morgan fingerprint density at radius 1 is 1.14 bits per heavy atom. The summed E-state index contributed by atoms with van der Waals surface area (Å²) in [6, 6.07) is 15.1. The van der Waals surface area contributed by atoms with Crippen LogP contribution in [-0.4, -0.2) is 10.9 Å². The maximum absolute atomic E-state index is 12.5. The van der Waals surface area contributed by atoms with Crippen LogP contribution in [0, 0.1) is 6.92 Å². The molecule has 4 heteroatoms. The van der Waals surface area contributed by atoms with E-state index in [0.29, 0.717) is 17.1 Å². The molecule has 0 spiro atoms. The number of rotatable bonds is 2.